The molecule has 1 unspecified atom stereocenters. The summed E-state index contributed by atoms with van der Waals surface area (Å²) in [6.45, 7) is 10.4. The van der Waals surface area contributed by atoms with Gasteiger partial charge >= 0.3 is 12.0 Å². The van der Waals surface area contributed by atoms with Crippen molar-refractivity contribution in [2.45, 2.75) is 41.0 Å². The molecule has 0 radical (unpaired) electrons. The van der Waals surface area contributed by atoms with Gasteiger partial charge in [0.05, 0.1) is 5.92 Å². The van der Waals surface area contributed by atoms with Gasteiger partial charge in [-0.1, -0.05) is 32.4 Å². The molecule has 0 aliphatic heterocycles. The first kappa shape index (κ1) is 17.5. The monoisotopic (exact) mass is 270 g/mol. The quantitative estimate of drug-likeness (QED) is 0.648. The molecule has 0 heterocycles. The summed E-state index contributed by atoms with van der Waals surface area (Å²) in [7, 11) is 0. The molecule has 0 aromatic heterocycles. The second kappa shape index (κ2) is 7.81. The first-order chi connectivity index (χ1) is 8.61. The van der Waals surface area contributed by atoms with Crippen LogP contribution in [0.25, 0.3) is 0 Å². The van der Waals surface area contributed by atoms with E-state index in [4.69, 9.17) is 5.11 Å². The zero-order chi connectivity index (χ0) is 15.1. The smallest absolute Gasteiger partial charge is 0.315 e. The van der Waals surface area contributed by atoms with Crippen LogP contribution in [0.2, 0.25) is 0 Å². The van der Waals surface area contributed by atoms with Crippen molar-refractivity contribution in [3.63, 3.8) is 0 Å². The lowest BCUT2D eigenvalue weighted by Gasteiger charge is -2.23. The molecule has 0 aliphatic rings. The van der Waals surface area contributed by atoms with Crippen LogP contribution in [0.4, 0.5) is 4.79 Å². The number of hydrogen-bond donors (Lipinski definition) is 3. The van der Waals surface area contributed by atoms with E-state index in [1.165, 1.54) is 0 Å². The van der Waals surface area contributed by atoms with Gasteiger partial charge in [-0.3, -0.25) is 4.79 Å². The van der Waals surface area contributed by atoms with Crippen LogP contribution in [0.5, 0.6) is 0 Å². The largest absolute Gasteiger partial charge is 0.481 e. The van der Waals surface area contributed by atoms with Gasteiger partial charge in [0, 0.05) is 13.1 Å². The summed E-state index contributed by atoms with van der Waals surface area (Å²) in [5.74, 6) is -1.44. The Morgan fingerprint density at radius 1 is 1.21 bits per heavy atom. The molecule has 5 nitrogen and oxygen atoms in total. The predicted octanol–water partition coefficient (Wildman–Crippen LogP) is 2.39. The van der Waals surface area contributed by atoms with Gasteiger partial charge in [-0.2, -0.15) is 0 Å². The van der Waals surface area contributed by atoms with E-state index < -0.39 is 11.9 Å². The van der Waals surface area contributed by atoms with Crippen LogP contribution < -0.4 is 10.6 Å². The summed E-state index contributed by atoms with van der Waals surface area (Å²) in [5.41, 5.74) is 1.04. The number of hydrogen-bond acceptors (Lipinski definition) is 2. The summed E-state index contributed by atoms with van der Waals surface area (Å²) in [5, 5.41) is 14.4. The highest BCUT2D eigenvalue weighted by Gasteiger charge is 2.24. The van der Waals surface area contributed by atoms with Crippen molar-refractivity contribution in [3.8, 4) is 0 Å². The van der Waals surface area contributed by atoms with E-state index in [0.29, 0.717) is 13.0 Å². The molecule has 0 saturated heterocycles. The van der Waals surface area contributed by atoms with Crippen molar-refractivity contribution in [2.75, 3.05) is 13.1 Å². The number of allylic oxidation sites excluding steroid dienone is 1. The Labute approximate surface area is 115 Å². The maximum Gasteiger partial charge on any atom is 0.315 e. The number of nitrogens with one attached hydrogen (secondary N) is 2. The van der Waals surface area contributed by atoms with Crippen molar-refractivity contribution < 1.29 is 14.7 Å². The molecule has 0 rings (SSSR count). The van der Waals surface area contributed by atoms with Crippen LogP contribution in [-0.2, 0) is 4.79 Å². The summed E-state index contributed by atoms with van der Waals surface area (Å²) in [4.78, 5) is 22.6. The lowest BCUT2D eigenvalue weighted by atomic mass is 9.84. The van der Waals surface area contributed by atoms with E-state index in [1.54, 1.807) is 0 Å². The van der Waals surface area contributed by atoms with E-state index in [2.05, 4.69) is 10.6 Å². The Kier molecular flexibility index (Phi) is 7.19. The molecular formula is C14H26N2O3. The molecule has 3 N–H and O–H groups in total. The van der Waals surface area contributed by atoms with E-state index in [9.17, 15) is 9.59 Å². The summed E-state index contributed by atoms with van der Waals surface area (Å²) >= 11 is 0. The summed E-state index contributed by atoms with van der Waals surface area (Å²) in [6.07, 6.45) is 2.42. The van der Waals surface area contributed by atoms with Crippen molar-refractivity contribution in [2.24, 2.45) is 11.3 Å². The molecule has 0 fully saturated rings. The molecule has 0 aromatic rings. The number of amides is 2. The number of rotatable bonds is 6. The third-order valence-electron chi connectivity index (χ3n) is 2.49. The molecule has 0 bridgehead atoms. The molecule has 19 heavy (non-hydrogen) atoms. The fourth-order valence-electron chi connectivity index (χ4n) is 1.61. The Morgan fingerprint density at radius 3 is 2.21 bits per heavy atom. The van der Waals surface area contributed by atoms with Gasteiger partial charge < -0.3 is 15.7 Å². The first-order valence-corrected chi connectivity index (χ1v) is 6.49. The predicted molar refractivity (Wildman–Crippen MR) is 76.0 cm³/mol. The fraction of sp³-hybridized carbons (Fsp3) is 0.714. The zero-order valence-electron chi connectivity index (χ0n) is 12.5. The highest BCUT2D eigenvalue weighted by Crippen LogP contribution is 2.24. The van der Waals surface area contributed by atoms with Crippen LogP contribution in [0.3, 0.4) is 0 Å². The molecule has 1 atom stereocenters. The molecule has 5 heteroatoms. The standard InChI is InChI=1S/C14H26N2O3/c1-10(2)6-7-15-13(19)16-9-11(12(17)18)8-14(3,4)5/h6,11H,7-9H2,1-5H3,(H,17,18)(H2,15,16,19). The first-order valence-electron chi connectivity index (χ1n) is 6.49. The summed E-state index contributed by atoms with van der Waals surface area (Å²) in [6, 6.07) is -0.336. The zero-order valence-corrected chi connectivity index (χ0v) is 12.5. The number of carbonyl (C=O) groups excluding carboxylic acids is 1. The highest BCUT2D eigenvalue weighted by molar-refractivity contribution is 5.75. The normalized spacial score (nSPS) is 12.5. The van der Waals surface area contributed by atoms with Crippen LogP contribution in [0, 0.1) is 11.3 Å². The minimum Gasteiger partial charge on any atom is -0.481 e. The van der Waals surface area contributed by atoms with Crippen LogP contribution in [-0.4, -0.2) is 30.2 Å². The Balaban J connectivity index is 4.15. The van der Waals surface area contributed by atoms with Crippen LogP contribution in [0.15, 0.2) is 11.6 Å². The van der Waals surface area contributed by atoms with Crippen molar-refractivity contribution >= 4 is 12.0 Å². The molecular weight excluding hydrogens is 244 g/mol. The van der Waals surface area contributed by atoms with Gasteiger partial charge in [-0.25, -0.2) is 4.79 Å². The second-order valence-corrected chi connectivity index (χ2v) is 6.17. The topological polar surface area (TPSA) is 78.4 Å². The molecule has 0 aromatic carbocycles. The molecule has 0 aliphatic carbocycles. The van der Waals surface area contributed by atoms with Crippen LogP contribution in [0.1, 0.15) is 41.0 Å². The number of carbonyl (C=O) groups is 2. The fourth-order valence-corrected chi connectivity index (χ4v) is 1.61. The van der Waals surface area contributed by atoms with Gasteiger partial charge in [-0.15, -0.1) is 0 Å². The van der Waals surface area contributed by atoms with E-state index >= 15 is 0 Å². The van der Waals surface area contributed by atoms with Crippen molar-refractivity contribution in [1.29, 1.82) is 0 Å². The third kappa shape index (κ3) is 10.1. The highest BCUT2D eigenvalue weighted by atomic mass is 16.4. The maximum atomic E-state index is 11.5. The van der Waals surface area contributed by atoms with Gasteiger partial charge in [0.1, 0.15) is 0 Å². The van der Waals surface area contributed by atoms with E-state index in [0.717, 1.165) is 5.57 Å². The molecule has 0 spiro atoms. The van der Waals surface area contributed by atoms with E-state index in [-0.39, 0.29) is 18.0 Å². The van der Waals surface area contributed by atoms with Gasteiger partial charge in [0.15, 0.2) is 0 Å². The van der Waals surface area contributed by atoms with Crippen LogP contribution >= 0.6 is 0 Å². The van der Waals surface area contributed by atoms with Gasteiger partial charge in [0.25, 0.3) is 0 Å². The lowest BCUT2D eigenvalue weighted by Crippen LogP contribution is -2.40. The number of aliphatic carboxylic acids is 1. The maximum absolute atomic E-state index is 11.5. The van der Waals surface area contributed by atoms with Gasteiger partial charge in [-0.05, 0) is 25.7 Å². The minimum absolute atomic E-state index is 0.0801. The SMILES string of the molecule is CC(C)=CCNC(=O)NCC(CC(C)(C)C)C(=O)O. The average molecular weight is 270 g/mol. The Bertz CT molecular complexity index is 339. The Hall–Kier alpha value is -1.52. The Morgan fingerprint density at radius 2 is 1.79 bits per heavy atom. The molecule has 2 amide bonds. The average Bonchev–Trinajstić information content (AvgIpc) is 2.21. The lowest BCUT2D eigenvalue weighted by molar-refractivity contribution is -0.142. The van der Waals surface area contributed by atoms with E-state index in [1.807, 2.05) is 40.7 Å². The third-order valence-corrected chi connectivity index (χ3v) is 2.49. The number of carboxylic acids is 1. The van der Waals surface area contributed by atoms with Crippen molar-refractivity contribution in [3.05, 3.63) is 11.6 Å². The second-order valence-electron chi connectivity index (χ2n) is 6.17. The summed E-state index contributed by atoms with van der Waals surface area (Å²) < 4.78 is 0. The minimum atomic E-state index is -0.875. The number of carboxylic acid groups (broad SMARTS) is 1. The molecule has 110 valence electrons. The molecule has 0 saturated carbocycles. The van der Waals surface area contributed by atoms with Crippen molar-refractivity contribution in [1.82, 2.24) is 10.6 Å². The number of urea groups is 1. The van der Waals surface area contributed by atoms with Gasteiger partial charge in [0.2, 0.25) is 0 Å².